The Hall–Kier alpha value is -2.25. The molecule has 0 saturated heterocycles. The molecule has 0 fully saturated rings. The van der Waals surface area contributed by atoms with Crippen molar-refractivity contribution in [1.82, 2.24) is 9.88 Å². The quantitative estimate of drug-likeness (QED) is 0.845. The van der Waals surface area contributed by atoms with Gasteiger partial charge in [-0.3, -0.25) is 9.59 Å². The van der Waals surface area contributed by atoms with Crippen molar-refractivity contribution in [2.45, 2.75) is 39.5 Å². The highest BCUT2D eigenvalue weighted by molar-refractivity contribution is 7.09. The number of hydrogen-bond donors (Lipinski definition) is 1. The van der Waals surface area contributed by atoms with Gasteiger partial charge >= 0.3 is 0 Å². The SMILES string of the molecule is CC(C)c1nc(CN(C)C(=O)c2cccc3c2COC3)cs1.O=CO. The van der Waals surface area contributed by atoms with Gasteiger partial charge in [0, 0.05) is 23.9 Å². The molecule has 1 amide bonds. The summed E-state index contributed by atoms with van der Waals surface area (Å²) in [6.07, 6.45) is 0. The average Bonchev–Trinajstić information content (AvgIpc) is 3.23. The Morgan fingerprint density at radius 1 is 1.44 bits per heavy atom. The topological polar surface area (TPSA) is 79.7 Å². The van der Waals surface area contributed by atoms with Gasteiger partial charge in [-0.15, -0.1) is 11.3 Å². The Labute approximate surface area is 151 Å². The molecule has 1 aromatic heterocycles. The number of carbonyl (C=O) groups excluding carboxylic acids is 1. The summed E-state index contributed by atoms with van der Waals surface area (Å²) in [7, 11) is 1.83. The maximum atomic E-state index is 12.7. The lowest BCUT2D eigenvalue weighted by Gasteiger charge is -2.17. The first-order chi connectivity index (χ1) is 12.0. The summed E-state index contributed by atoms with van der Waals surface area (Å²) in [5, 5.41) is 10.0. The largest absolute Gasteiger partial charge is 0.483 e. The van der Waals surface area contributed by atoms with Crippen LogP contribution in [0.3, 0.4) is 0 Å². The molecule has 3 rings (SSSR count). The summed E-state index contributed by atoms with van der Waals surface area (Å²) < 4.78 is 5.45. The van der Waals surface area contributed by atoms with E-state index in [2.05, 4.69) is 18.8 Å². The fourth-order valence-electron chi connectivity index (χ4n) is 2.58. The standard InChI is InChI=1S/C17H20N2O2S.CH2O2/c1-11(2)16-18-13(10-22-16)7-19(3)17(20)14-6-4-5-12-8-21-9-15(12)14;2-1-3/h4-6,10-11H,7-9H2,1-3H3;1H,(H,2,3). The van der Waals surface area contributed by atoms with Gasteiger partial charge in [-0.1, -0.05) is 26.0 Å². The van der Waals surface area contributed by atoms with Crippen molar-refractivity contribution >= 4 is 23.7 Å². The number of aromatic nitrogens is 1. The molecule has 1 aliphatic rings. The van der Waals surface area contributed by atoms with Gasteiger partial charge in [-0.05, 0) is 17.2 Å². The van der Waals surface area contributed by atoms with Crippen molar-refractivity contribution in [2.24, 2.45) is 0 Å². The monoisotopic (exact) mass is 362 g/mol. The van der Waals surface area contributed by atoms with Crippen LogP contribution in [0.25, 0.3) is 0 Å². The number of fused-ring (bicyclic) bond motifs is 1. The molecule has 0 unspecified atom stereocenters. The van der Waals surface area contributed by atoms with Crippen molar-refractivity contribution in [2.75, 3.05) is 7.05 Å². The highest BCUT2D eigenvalue weighted by atomic mass is 32.1. The molecular formula is C18H22N2O4S. The van der Waals surface area contributed by atoms with Gasteiger partial charge in [0.05, 0.1) is 30.5 Å². The Kier molecular flexibility index (Phi) is 6.66. The Balaban J connectivity index is 0.000000701. The Bertz CT molecular complexity index is 742. The van der Waals surface area contributed by atoms with Crippen LogP contribution in [-0.4, -0.2) is 34.4 Å². The lowest BCUT2D eigenvalue weighted by Crippen LogP contribution is -2.27. The van der Waals surface area contributed by atoms with E-state index in [1.807, 2.05) is 30.6 Å². The number of hydrogen-bond acceptors (Lipinski definition) is 5. The Morgan fingerprint density at radius 2 is 2.16 bits per heavy atom. The van der Waals surface area contributed by atoms with E-state index in [-0.39, 0.29) is 12.4 Å². The number of amides is 1. The van der Waals surface area contributed by atoms with Crippen LogP contribution in [0.4, 0.5) is 0 Å². The zero-order valence-electron chi connectivity index (χ0n) is 14.6. The second kappa shape index (κ2) is 8.73. The number of benzene rings is 1. The van der Waals surface area contributed by atoms with Crippen LogP contribution in [0.2, 0.25) is 0 Å². The molecular weight excluding hydrogens is 340 g/mol. The summed E-state index contributed by atoms with van der Waals surface area (Å²) in [4.78, 5) is 27.4. The van der Waals surface area contributed by atoms with Gasteiger partial charge in [-0.2, -0.15) is 0 Å². The number of carbonyl (C=O) groups is 2. The predicted octanol–water partition coefficient (Wildman–Crippen LogP) is 3.27. The van der Waals surface area contributed by atoms with Crippen LogP contribution in [-0.2, 0) is 29.3 Å². The van der Waals surface area contributed by atoms with E-state index in [4.69, 9.17) is 14.6 Å². The minimum absolute atomic E-state index is 0.0291. The lowest BCUT2D eigenvalue weighted by molar-refractivity contribution is -0.122. The van der Waals surface area contributed by atoms with Crippen LogP contribution in [0.5, 0.6) is 0 Å². The van der Waals surface area contributed by atoms with Crippen molar-refractivity contribution in [3.63, 3.8) is 0 Å². The normalized spacial score (nSPS) is 12.3. The van der Waals surface area contributed by atoms with Crippen molar-refractivity contribution < 1.29 is 19.4 Å². The van der Waals surface area contributed by atoms with Crippen LogP contribution in [0, 0.1) is 0 Å². The minimum atomic E-state index is -0.250. The van der Waals surface area contributed by atoms with Gasteiger partial charge in [0.2, 0.25) is 0 Å². The lowest BCUT2D eigenvalue weighted by atomic mass is 10.0. The molecule has 6 nitrogen and oxygen atoms in total. The van der Waals surface area contributed by atoms with Crippen molar-refractivity contribution in [1.29, 1.82) is 0 Å². The van der Waals surface area contributed by atoms with Gasteiger partial charge in [0.1, 0.15) is 0 Å². The van der Waals surface area contributed by atoms with E-state index in [1.54, 1.807) is 16.2 Å². The van der Waals surface area contributed by atoms with Crippen LogP contribution >= 0.6 is 11.3 Å². The molecule has 0 saturated carbocycles. The number of thiazole rings is 1. The van der Waals surface area contributed by atoms with Crippen molar-refractivity contribution in [3.05, 3.63) is 51.0 Å². The smallest absolute Gasteiger partial charge is 0.290 e. The number of nitrogens with zero attached hydrogens (tertiary/aromatic N) is 2. The first-order valence-electron chi connectivity index (χ1n) is 7.94. The maximum Gasteiger partial charge on any atom is 0.290 e. The predicted molar refractivity (Wildman–Crippen MR) is 95.6 cm³/mol. The Morgan fingerprint density at radius 3 is 2.80 bits per heavy atom. The van der Waals surface area contributed by atoms with E-state index >= 15 is 0 Å². The molecule has 1 N–H and O–H groups in total. The zero-order valence-corrected chi connectivity index (χ0v) is 15.4. The minimum Gasteiger partial charge on any atom is -0.483 e. The average molecular weight is 362 g/mol. The second-order valence-corrected chi connectivity index (χ2v) is 6.92. The molecule has 0 atom stereocenters. The van der Waals surface area contributed by atoms with E-state index in [1.165, 1.54) is 0 Å². The molecule has 7 heteroatoms. The third-order valence-corrected chi connectivity index (χ3v) is 5.01. The maximum absolute atomic E-state index is 12.7. The number of rotatable bonds is 4. The van der Waals surface area contributed by atoms with Crippen LogP contribution in [0.1, 0.15) is 52.0 Å². The van der Waals surface area contributed by atoms with Crippen LogP contribution in [0.15, 0.2) is 23.6 Å². The summed E-state index contributed by atoms with van der Waals surface area (Å²) in [5.41, 5.74) is 3.85. The van der Waals surface area contributed by atoms with Gasteiger partial charge in [0.15, 0.2) is 0 Å². The fraction of sp³-hybridized carbons (Fsp3) is 0.389. The summed E-state index contributed by atoms with van der Waals surface area (Å²) in [5.74, 6) is 0.454. The molecule has 0 bridgehead atoms. The fourth-order valence-corrected chi connectivity index (χ4v) is 3.41. The van der Waals surface area contributed by atoms with E-state index < -0.39 is 0 Å². The van der Waals surface area contributed by atoms with Crippen LogP contribution < -0.4 is 0 Å². The molecule has 0 aliphatic carbocycles. The molecule has 0 spiro atoms. The number of carboxylic acid groups (broad SMARTS) is 1. The van der Waals surface area contributed by atoms with Gasteiger partial charge in [0.25, 0.3) is 12.4 Å². The molecule has 134 valence electrons. The summed E-state index contributed by atoms with van der Waals surface area (Å²) >= 11 is 1.66. The van der Waals surface area contributed by atoms with Gasteiger partial charge in [-0.25, -0.2) is 4.98 Å². The van der Waals surface area contributed by atoms with E-state index in [0.29, 0.717) is 25.7 Å². The zero-order chi connectivity index (χ0) is 18.4. The molecule has 0 radical (unpaired) electrons. The van der Waals surface area contributed by atoms with E-state index in [0.717, 1.165) is 27.4 Å². The summed E-state index contributed by atoms with van der Waals surface area (Å²) in [6.45, 7) is 5.67. The van der Waals surface area contributed by atoms with E-state index in [9.17, 15) is 4.79 Å². The van der Waals surface area contributed by atoms with Crippen molar-refractivity contribution in [3.8, 4) is 0 Å². The number of ether oxygens (including phenoxy) is 1. The molecule has 1 aliphatic heterocycles. The molecule has 25 heavy (non-hydrogen) atoms. The molecule has 2 heterocycles. The highest BCUT2D eigenvalue weighted by Crippen LogP contribution is 2.25. The first-order valence-corrected chi connectivity index (χ1v) is 8.82. The third-order valence-electron chi connectivity index (χ3n) is 3.82. The summed E-state index contributed by atoms with van der Waals surface area (Å²) in [6, 6.07) is 5.83. The van der Waals surface area contributed by atoms with Gasteiger partial charge < -0.3 is 14.7 Å². The first kappa shape index (κ1) is 19.1. The second-order valence-electron chi connectivity index (χ2n) is 6.03. The third kappa shape index (κ3) is 4.64. The highest BCUT2D eigenvalue weighted by Gasteiger charge is 2.22. The molecule has 1 aromatic carbocycles. The molecule has 2 aromatic rings.